The molecule has 6 nitrogen and oxygen atoms in total. The highest BCUT2D eigenvalue weighted by Gasteiger charge is 2.27. The average Bonchev–Trinajstić information content (AvgIpc) is 3.51. The molecule has 0 saturated heterocycles. The van der Waals surface area contributed by atoms with Crippen molar-refractivity contribution in [2.75, 3.05) is 13.7 Å². The summed E-state index contributed by atoms with van der Waals surface area (Å²) >= 11 is 0. The van der Waals surface area contributed by atoms with E-state index in [1.807, 2.05) is 48.3 Å². The van der Waals surface area contributed by atoms with Gasteiger partial charge in [0.1, 0.15) is 11.5 Å². The minimum Gasteiger partial charge on any atom is -0.494 e. The van der Waals surface area contributed by atoms with Crippen molar-refractivity contribution in [3.63, 3.8) is 0 Å². The summed E-state index contributed by atoms with van der Waals surface area (Å²) in [6.45, 7) is 3.22. The van der Waals surface area contributed by atoms with Crippen LogP contribution >= 0.6 is 24.0 Å². The third-order valence-electron chi connectivity index (χ3n) is 4.23. The number of hydrogen-bond donors (Lipinski definition) is 1. The molecule has 1 heterocycles. The molecular weight excluding hydrogens is 455 g/mol. The van der Waals surface area contributed by atoms with Crippen LogP contribution < -0.4 is 15.2 Å². The second kappa shape index (κ2) is 10.3. The predicted octanol–water partition coefficient (Wildman–Crippen LogP) is 4.19. The Labute approximate surface area is 177 Å². The molecule has 1 fully saturated rings. The Balaban J connectivity index is 0.00000261. The number of aromatic nitrogens is 1. The standard InChI is InChI=1S/C20H26N4O2.HI/c1-3-13-25-17-8-10-18(11-9-17)26-19-15(5-4-12-22-19)14-23-20(21)24(2)16-6-7-16;/h4-5,8-12,16H,3,6-7,13-14H2,1-2H3,(H2,21,23);1H. The van der Waals surface area contributed by atoms with E-state index in [1.165, 1.54) is 12.8 Å². The minimum absolute atomic E-state index is 0. The zero-order valence-corrected chi connectivity index (χ0v) is 18.1. The van der Waals surface area contributed by atoms with Crippen LogP contribution in [0, 0.1) is 0 Å². The van der Waals surface area contributed by atoms with Gasteiger partial charge in [-0.2, -0.15) is 0 Å². The molecule has 0 atom stereocenters. The van der Waals surface area contributed by atoms with Crippen molar-refractivity contribution in [1.82, 2.24) is 9.88 Å². The Bertz CT molecular complexity index is 748. The average molecular weight is 482 g/mol. The molecular formula is C20H27IN4O2. The lowest BCUT2D eigenvalue weighted by atomic mass is 10.2. The summed E-state index contributed by atoms with van der Waals surface area (Å²) < 4.78 is 11.5. The normalized spacial score (nSPS) is 13.6. The van der Waals surface area contributed by atoms with Crippen LogP contribution in [0.25, 0.3) is 0 Å². The lowest BCUT2D eigenvalue weighted by molar-refractivity contribution is 0.317. The van der Waals surface area contributed by atoms with Crippen molar-refractivity contribution >= 4 is 29.9 Å². The SMILES string of the molecule is CCCOc1ccc(Oc2ncccc2CN=C(N)N(C)C2CC2)cc1.I. The fourth-order valence-corrected chi connectivity index (χ4v) is 2.50. The summed E-state index contributed by atoms with van der Waals surface area (Å²) in [7, 11) is 1.99. The van der Waals surface area contributed by atoms with E-state index in [0.717, 1.165) is 17.7 Å². The molecule has 1 aliphatic carbocycles. The van der Waals surface area contributed by atoms with E-state index in [-0.39, 0.29) is 24.0 Å². The van der Waals surface area contributed by atoms with Gasteiger partial charge in [-0.1, -0.05) is 13.0 Å². The third kappa shape index (κ3) is 6.27. The van der Waals surface area contributed by atoms with Crippen LogP contribution in [0.1, 0.15) is 31.7 Å². The topological polar surface area (TPSA) is 73.0 Å². The lowest BCUT2D eigenvalue weighted by Crippen LogP contribution is -2.35. The van der Waals surface area contributed by atoms with Gasteiger partial charge in [0.2, 0.25) is 5.88 Å². The van der Waals surface area contributed by atoms with Crippen LogP contribution in [-0.2, 0) is 6.54 Å². The maximum absolute atomic E-state index is 6.07. The summed E-state index contributed by atoms with van der Waals surface area (Å²) in [5.74, 6) is 2.64. The Morgan fingerprint density at radius 3 is 2.59 bits per heavy atom. The fourth-order valence-electron chi connectivity index (χ4n) is 2.50. The Morgan fingerprint density at radius 1 is 1.22 bits per heavy atom. The van der Waals surface area contributed by atoms with E-state index in [1.54, 1.807) is 6.20 Å². The van der Waals surface area contributed by atoms with Crippen molar-refractivity contribution < 1.29 is 9.47 Å². The van der Waals surface area contributed by atoms with Crippen LogP contribution in [0.2, 0.25) is 0 Å². The fraction of sp³-hybridized carbons (Fsp3) is 0.400. The van der Waals surface area contributed by atoms with Gasteiger partial charge >= 0.3 is 0 Å². The van der Waals surface area contributed by atoms with E-state index in [9.17, 15) is 0 Å². The Hall–Kier alpha value is -2.03. The highest BCUT2D eigenvalue weighted by atomic mass is 127. The first-order valence-corrected chi connectivity index (χ1v) is 9.04. The second-order valence-corrected chi connectivity index (χ2v) is 6.41. The van der Waals surface area contributed by atoms with Gasteiger partial charge in [-0.15, -0.1) is 24.0 Å². The van der Waals surface area contributed by atoms with Gasteiger partial charge in [-0.25, -0.2) is 9.98 Å². The predicted molar refractivity (Wildman–Crippen MR) is 118 cm³/mol. The van der Waals surface area contributed by atoms with Crippen molar-refractivity contribution in [3.8, 4) is 17.4 Å². The molecule has 146 valence electrons. The molecule has 0 amide bonds. The Kier molecular flexibility index (Phi) is 8.15. The number of aliphatic imine (C=N–C) groups is 1. The number of rotatable bonds is 8. The number of nitrogens with zero attached hydrogens (tertiary/aromatic N) is 3. The Morgan fingerprint density at radius 2 is 1.93 bits per heavy atom. The number of halogens is 1. The first kappa shape index (κ1) is 21.3. The molecule has 0 unspecified atom stereocenters. The quantitative estimate of drug-likeness (QED) is 0.347. The summed E-state index contributed by atoms with van der Waals surface area (Å²) in [6, 6.07) is 11.9. The van der Waals surface area contributed by atoms with Gasteiger partial charge in [-0.05, 0) is 49.6 Å². The minimum atomic E-state index is 0. The van der Waals surface area contributed by atoms with Crippen molar-refractivity contribution in [1.29, 1.82) is 0 Å². The zero-order chi connectivity index (χ0) is 18.4. The second-order valence-electron chi connectivity index (χ2n) is 6.41. The molecule has 0 radical (unpaired) electrons. The molecule has 0 spiro atoms. The molecule has 0 bridgehead atoms. The smallest absolute Gasteiger partial charge is 0.224 e. The molecule has 1 aromatic carbocycles. The number of nitrogens with two attached hydrogens (primary N) is 1. The van der Waals surface area contributed by atoms with Crippen LogP contribution in [0.3, 0.4) is 0 Å². The monoisotopic (exact) mass is 482 g/mol. The van der Waals surface area contributed by atoms with Gasteiger partial charge in [-0.3, -0.25) is 0 Å². The molecule has 0 aliphatic heterocycles. The first-order valence-electron chi connectivity index (χ1n) is 9.04. The van der Waals surface area contributed by atoms with Crippen LogP contribution in [0.5, 0.6) is 17.4 Å². The number of ether oxygens (including phenoxy) is 2. The molecule has 2 aromatic rings. The highest BCUT2D eigenvalue weighted by Crippen LogP contribution is 2.27. The number of benzene rings is 1. The van der Waals surface area contributed by atoms with Crippen molar-refractivity contribution in [2.24, 2.45) is 10.7 Å². The summed E-state index contributed by atoms with van der Waals surface area (Å²) in [6.07, 6.45) is 5.06. The molecule has 1 aliphatic rings. The molecule has 3 rings (SSSR count). The zero-order valence-electron chi connectivity index (χ0n) is 15.8. The number of hydrogen-bond acceptors (Lipinski definition) is 4. The largest absolute Gasteiger partial charge is 0.494 e. The van der Waals surface area contributed by atoms with Gasteiger partial charge < -0.3 is 20.1 Å². The van der Waals surface area contributed by atoms with Gasteiger partial charge in [0.05, 0.1) is 13.2 Å². The van der Waals surface area contributed by atoms with Gasteiger partial charge in [0.15, 0.2) is 5.96 Å². The third-order valence-corrected chi connectivity index (χ3v) is 4.23. The van der Waals surface area contributed by atoms with E-state index in [0.29, 0.717) is 36.8 Å². The van der Waals surface area contributed by atoms with E-state index >= 15 is 0 Å². The van der Waals surface area contributed by atoms with Crippen molar-refractivity contribution in [3.05, 3.63) is 48.2 Å². The van der Waals surface area contributed by atoms with E-state index in [2.05, 4.69) is 16.9 Å². The van der Waals surface area contributed by atoms with Crippen LogP contribution in [0.15, 0.2) is 47.6 Å². The number of guanidine groups is 1. The van der Waals surface area contributed by atoms with E-state index < -0.39 is 0 Å². The lowest BCUT2D eigenvalue weighted by Gasteiger charge is -2.17. The molecule has 27 heavy (non-hydrogen) atoms. The summed E-state index contributed by atoms with van der Waals surface area (Å²) in [5, 5.41) is 0. The first-order chi connectivity index (χ1) is 12.7. The van der Waals surface area contributed by atoms with Crippen LogP contribution in [-0.4, -0.2) is 35.5 Å². The molecule has 1 saturated carbocycles. The maximum Gasteiger partial charge on any atom is 0.224 e. The van der Waals surface area contributed by atoms with Gasteiger partial charge in [0, 0.05) is 24.8 Å². The number of pyridine rings is 1. The molecule has 1 aromatic heterocycles. The summed E-state index contributed by atoms with van der Waals surface area (Å²) in [4.78, 5) is 10.9. The highest BCUT2D eigenvalue weighted by molar-refractivity contribution is 14.0. The molecule has 7 heteroatoms. The van der Waals surface area contributed by atoms with Gasteiger partial charge in [0.25, 0.3) is 0 Å². The molecule has 2 N–H and O–H groups in total. The van der Waals surface area contributed by atoms with Crippen molar-refractivity contribution in [2.45, 2.75) is 38.8 Å². The maximum atomic E-state index is 6.07. The summed E-state index contributed by atoms with van der Waals surface area (Å²) in [5.41, 5.74) is 6.96. The van der Waals surface area contributed by atoms with Crippen LogP contribution in [0.4, 0.5) is 0 Å². The van der Waals surface area contributed by atoms with E-state index in [4.69, 9.17) is 15.2 Å².